The summed E-state index contributed by atoms with van der Waals surface area (Å²) >= 11 is 9.73. The van der Waals surface area contributed by atoms with Gasteiger partial charge < -0.3 is 0 Å². The van der Waals surface area contributed by atoms with Crippen molar-refractivity contribution in [1.82, 2.24) is 0 Å². The van der Waals surface area contributed by atoms with Crippen LogP contribution in [0.15, 0.2) is 146 Å². The van der Waals surface area contributed by atoms with Crippen LogP contribution < -0.4 is 0 Å². The molecule has 242 valence electrons. The smallest absolute Gasteiger partial charge is 0.0587 e. The van der Waals surface area contributed by atoms with Crippen molar-refractivity contribution >= 4 is 90.4 Å². The van der Waals surface area contributed by atoms with Crippen LogP contribution in [0.3, 0.4) is 0 Å². The molecule has 0 aromatic heterocycles. The zero-order valence-corrected chi connectivity index (χ0v) is 36.0. The topological polar surface area (TPSA) is 0 Å². The standard InChI is InChI=1S/C46H30I4/c1-27-3-21-37-39-25-44-40(26-43(39)45(41(37)23-27,29-5-13-33(47)14-6-29)30-7-15-34(48)16-8-30)38-22-4-28(2)24-42(38)46(44,31-9-17-35(49)18-10-31)32-11-19-36(50)20-12-32/h3-26H,1-2H3. The maximum Gasteiger partial charge on any atom is 0.0713 e. The Balaban J connectivity index is 1.46. The van der Waals surface area contributed by atoms with Gasteiger partial charge in [-0.25, -0.2) is 0 Å². The summed E-state index contributed by atoms with van der Waals surface area (Å²) in [5.41, 5.74) is 17.5. The van der Waals surface area contributed by atoms with Crippen molar-refractivity contribution in [3.63, 3.8) is 0 Å². The first-order valence-corrected chi connectivity index (χ1v) is 21.0. The van der Waals surface area contributed by atoms with Crippen molar-refractivity contribution in [3.05, 3.63) is 216 Å². The highest BCUT2D eigenvalue weighted by molar-refractivity contribution is 14.1. The molecular weight excluding hydrogens is 1060 g/mol. The van der Waals surface area contributed by atoms with E-state index in [9.17, 15) is 0 Å². The van der Waals surface area contributed by atoms with Gasteiger partial charge in [0.2, 0.25) is 0 Å². The maximum atomic E-state index is 2.57. The first-order chi connectivity index (χ1) is 24.2. The summed E-state index contributed by atoms with van der Waals surface area (Å²) in [6.45, 7) is 4.46. The predicted octanol–water partition coefficient (Wildman–Crippen LogP) is 13.4. The first-order valence-electron chi connectivity index (χ1n) is 16.7. The van der Waals surface area contributed by atoms with Crippen LogP contribution in [0.25, 0.3) is 22.3 Å². The number of hydrogen-bond donors (Lipinski definition) is 0. The quantitative estimate of drug-likeness (QED) is 0.154. The van der Waals surface area contributed by atoms with E-state index in [-0.39, 0.29) is 0 Å². The zero-order chi connectivity index (χ0) is 34.4. The van der Waals surface area contributed by atoms with Gasteiger partial charge in [-0.1, -0.05) is 96.1 Å². The zero-order valence-electron chi connectivity index (χ0n) is 27.4. The highest BCUT2D eigenvalue weighted by atomic mass is 127. The lowest BCUT2D eigenvalue weighted by atomic mass is 9.66. The summed E-state index contributed by atoms with van der Waals surface area (Å²) in [5.74, 6) is 0. The Morgan fingerprint density at radius 3 is 0.840 bits per heavy atom. The van der Waals surface area contributed by atoms with Crippen LogP contribution in [-0.2, 0) is 10.8 Å². The molecule has 50 heavy (non-hydrogen) atoms. The molecule has 0 unspecified atom stereocenters. The van der Waals surface area contributed by atoms with Crippen LogP contribution in [-0.4, -0.2) is 0 Å². The largest absolute Gasteiger partial charge is 0.0713 e. The molecule has 7 aromatic rings. The minimum atomic E-state index is -0.470. The molecule has 0 saturated heterocycles. The third kappa shape index (κ3) is 4.90. The Kier molecular flexibility index (Phi) is 8.36. The highest BCUT2D eigenvalue weighted by Crippen LogP contribution is 2.62. The summed E-state index contributed by atoms with van der Waals surface area (Å²) in [6, 6.07) is 56.3. The molecule has 2 aliphatic carbocycles. The van der Waals surface area contributed by atoms with Gasteiger partial charge in [0.15, 0.2) is 0 Å². The lowest BCUT2D eigenvalue weighted by Gasteiger charge is -2.36. The molecule has 0 bridgehead atoms. The molecular formula is C46H30I4. The van der Waals surface area contributed by atoms with E-state index in [1.807, 2.05) is 0 Å². The number of aryl methyl sites for hydroxylation is 2. The van der Waals surface area contributed by atoms with Crippen molar-refractivity contribution in [1.29, 1.82) is 0 Å². The summed E-state index contributed by atoms with van der Waals surface area (Å²) < 4.78 is 4.96. The molecule has 0 atom stereocenters. The first kappa shape index (κ1) is 33.3. The second kappa shape index (κ2) is 12.6. The minimum absolute atomic E-state index is 0.470. The molecule has 0 heterocycles. The normalized spacial score (nSPS) is 14.5. The highest BCUT2D eigenvalue weighted by Gasteiger charge is 2.51. The van der Waals surface area contributed by atoms with E-state index in [0.717, 1.165) is 0 Å². The molecule has 0 aliphatic heterocycles. The van der Waals surface area contributed by atoms with Crippen molar-refractivity contribution in [2.24, 2.45) is 0 Å². The number of fused-ring (bicyclic) bond motifs is 6. The van der Waals surface area contributed by atoms with Gasteiger partial charge in [0.25, 0.3) is 0 Å². The number of benzene rings is 7. The van der Waals surface area contributed by atoms with E-state index in [4.69, 9.17) is 0 Å². The van der Waals surface area contributed by atoms with Crippen molar-refractivity contribution in [3.8, 4) is 22.3 Å². The molecule has 4 heteroatoms. The van der Waals surface area contributed by atoms with E-state index < -0.39 is 10.8 Å². The molecule has 0 amide bonds. The fraction of sp³-hybridized carbons (Fsp3) is 0.0870. The lowest BCUT2D eigenvalue weighted by molar-refractivity contribution is 0.757. The molecule has 9 rings (SSSR count). The fourth-order valence-electron chi connectivity index (χ4n) is 8.74. The van der Waals surface area contributed by atoms with Crippen LogP contribution in [0, 0.1) is 28.1 Å². The molecule has 0 N–H and O–H groups in total. The van der Waals surface area contributed by atoms with Gasteiger partial charge in [-0.05, 0) is 232 Å². The minimum Gasteiger partial charge on any atom is -0.0587 e. The van der Waals surface area contributed by atoms with E-state index in [0.29, 0.717) is 0 Å². The molecule has 0 nitrogen and oxygen atoms in total. The Hall–Kier alpha value is -2.54. The van der Waals surface area contributed by atoms with Crippen molar-refractivity contribution < 1.29 is 0 Å². The van der Waals surface area contributed by atoms with E-state index in [1.165, 1.54) is 92.2 Å². The lowest BCUT2D eigenvalue weighted by Crippen LogP contribution is -2.30. The van der Waals surface area contributed by atoms with E-state index in [1.54, 1.807) is 0 Å². The second-order valence-corrected chi connectivity index (χ2v) is 18.6. The van der Waals surface area contributed by atoms with Crippen LogP contribution >= 0.6 is 90.4 Å². The Labute approximate surface area is 348 Å². The third-order valence-corrected chi connectivity index (χ3v) is 13.7. The molecule has 7 aromatic carbocycles. The SMILES string of the molecule is Cc1ccc2c(c1)C(c1ccc(I)cc1)(c1ccc(I)cc1)c1cc3c(cc1-2)C(c1ccc(I)cc1)(c1ccc(I)cc1)c1cc(C)ccc1-3. The van der Waals surface area contributed by atoms with Gasteiger partial charge in [-0.3, -0.25) is 0 Å². The van der Waals surface area contributed by atoms with Crippen molar-refractivity contribution in [2.75, 3.05) is 0 Å². The van der Waals surface area contributed by atoms with Gasteiger partial charge in [0.05, 0.1) is 10.8 Å². The average molecular weight is 1090 g/mol. The Morgan fingerprint density at radius 2 is 0.560 bits per heavy atom. The van der Waals surface area contributed by atoms with Crippen LogP contribution in [0.4, 0.5) is 0 Å². The second-order valence-electron chi connectivity index (χ2n) is 13.6. The Bertz CT molecular complexity index is 2190. The number of halogens is 4. The maximum absolute atomic E-state index is 2.57. The molecule has 0 saturated carbocycles. The number of rotatable bonds is 4. The summed E-state index contributed by atoms with van der Waals surface area (Å²) in [4.78, 5) is 0. The summed E-state index contributed by atoms with van der Waals surface area (Å²) in [7, 11) is 0. The molecule has 0 spiro atoms. The van der Waals surface area contributed by atoms with Gasteiger partial charge in [-0.2, -0.15) is 0 Å². The van der Waals surface area contributed by atoms with Crippen LogP contribution in [0.1, 0.15) is 55.6 Å². The molecule has 2 aliphatic rings. The van der Waals surface area contributed by atoms with E-state index >= 15 is 0 Å². The fourth-order valence-corrected chi connectivity index (χ4v) is 10.2. The third-order valence-electron chi connectivity index (χ3n) is 10.8. The van der Waals surface area contributed by atoms with Gasteiger partial charge in [-0.15, -0.1) is 0 Å². The predicted molar refractivity (Wildman–Crippen MR) is 241 cm³/mol. The average Bonchev–Trinajstić information content (AvgIpc) is 3.55. The molecule has 0 fully saturated rings. The van der Waals surface area contributed by atoms with Gasteiger partial charge >= 0.3 is 0 Å². The number of hydrogen-bond acceptors (Lipinski definition) is 0. The van der Waals surface area contributed by atoms with E-state index in [2.05, 4.69) is 250 Å². The van der Waals surface area contributed by atoms with Crippen LogP contribution in [0.2, 0.25) is 0 Å². The summed E-state index contributed by atoms with van der Waals surface area (Å²) in [5, 5.41) is 0. The summed E-state index contributed by atoms with van der Waals surface area (Å²) in [6.07, 6.45) is 0. The van der Waals surface area contributed by atoms with Gasteiger partial charge in [0.1, 0.15) is 0 Å². The van der Waals surface area contributed by atoms with Gasteiger partial charge in [0, 0.05) is 14.3 Å². The monoisotopic (exact) mass is 1090 g/mol. The Morgan fingerprint density at radius 1 is 0.300 bits per heavy atom. The van der Waals surface area contributed by atoms with Crippen LogP contribution in [0.5, 0.6) is 0 Å². The van der Waals surface area contributed by atoms with Crippen molar-refractivity contribution in [2.45, 2.75) is 24.7 Å². The molecule has 0 radical (unpaired) electrons.